The number of aliphatic hydroxyl groups is 1. The van der Waals surface area contributed by atoms with Crippen LogP contribution in [0.5, 0.6) is 11.5 Å². The minimum absolute atomic E-state index is 0.0311. The summed E-state index contributed by atoms with van der Waals surface area (Å²) in [7, 11) is 0. The largest absolute Gasteiger partial charge is 0.478 e. The molecule has 0 bridgehead atoms. The third-order valence-electron chi connectivity index (χ3n) is 9.19. The number of carbonyl (C=O) groups excluding carboxylic acids is 1. The number of carboxylic acid groups (broad SMARTS) is 1. The summed E-state index contributed by atoms with van der Waals surface area (Å²) in [5, 5.41) is 24.7. The van der Waals surface area contributed by atoms with Gasteiger partial charge < -0.3 is 35.1 Å². The number of urea groups is 1. The van der Waals surface area contributed by atoms with E-state index in [2.05, 4.69) is 10.6 Å². The molecule has 6 aromatic carbocycles. The fraction of sp³-hybridized carbons (Fsp3) is 0.156. The van der Waals surface area contributed by atoms with Crippen molar-refractivity contribution in [2.24, 2.45) is 0 Å². The van der Waals surface area contributed by atoms with Crippen LogP contribution in [0, 0.1) is 0 Å². The lowest BCUT2D eigenvalue weighted by molar-refractivity contribution is -0.245. The SMILES string of the molecule is O=C(NCc1ccccc1-c1ccc([C@H]2O[C@@H](CSc3ccc(C(=O)O)cc3)C[C@@H](c3ccc(CO)cc3)O2)cc1)Nc1ccc(Oc2ccccc2)cc1. The molecule has 3 atom stereocenters. The topological polar surface area (TPSA) is 126 Å². The Morgan fingerprint density at radius 3 is 2.11 bits per heavy atom. The van der Waals surface area contributed by atoms with Gasteiger partial charge in [-0.05, 0) is 88.5 Å². The molecule has 1 aliphatic heterocycles. The van der Waals surface area contributed by atoms with Gasteiger partial charge in [0.2, 0.25) is 0 Å². The Hall–Kier alpha value is -5.91. The van der Waals surface area contributed by atoms with E-state index < -0.39 is 12.3 Å². The van der Waals surface area contributed by atoms with Crippen molar-refractivity contribution in [3.05, 3.63) is 179 Å². The van der Waals surface area contributed by atoms with E-state index >= 15 is 0 Å². The molecule has 4 N–H and O–H groups in total. The van der Waals surface area contributed by atoms with Crippen LogP contribution in [0.2, 0.25) is 0 Å². The van der Waals surface area contributed by atoms with Crippen LogP contribution in [0.3, 0.4) is 0 Å². The Kier molecular flexibility index (Phi) is 12.2. The van der Waals surface area contributed by atoms with Gasteiger partial charge in [0.05, 0.1) is 24.4 Å². The van der Waals surface area contributed by atoms with Gasteiger partial charge in [-0.2, -0.15) is 0 Å². The highest BCUT2D eigenvalue weighted by Crippen LogP contribution is 2.40. The van der Waals surface area contributed by atoms with Crippen molar-refractivity contribution in [3.63, 3.8) is 0 Å². The Labute approximate surface area is 323 Å². The first-order valence-electron chi connectivity index (χ1n) is 17.9. The number of rotatable bonds is 13. The number of carboxylic acids is 1. The van der Waals surface area contributed by atoms with Gasteiger partial charge in [0, 0.05) is 34.9 Å². The number of carbonyl (C=O) groups is 2. The molecule has 0 spiro atoms. The van der Waals surface area contributed by atoms with Crippen LogP contribution in [0.25, 0.3) is 11.1 Å². The predicted octanol–water partition coefficient (Wildman–Crippen LogP) is 10.00. The van der Waals surface area contributed by atoms with Crippen molar-refractivity contribution in [2.75, 3.05) is 11.1 Å². The number of benzene rings is 6. The second-order valence-corrected chi connectivity index (χ2v) is 14.1. The maximum atomic E-state index is 12.9. The zero-order valence-electron chi connectivity index (χ0n) is 29.8. The molecule has 1 heterocycles. The Bertz CT molecular complexity index is 2180. The zero-order valence-corrected chi connectivity index (χ0v) is 30.7. The molecule has 0 aromatic heterocycles. The highest BCUT2D eigenvalue weighted by molar-refractivity contribution is 7.99. The fourth-order valence-electron chi connectivity index (χ4n) is 6.26. The lowest BCUT2D eigenvalue weighted by Crippen LogP contribution is -2.31. The molecule has 1 aliphatic rings. The van der Waals surface area contributed by atoms with Crippen molar-refractivity contribution in [1.29, 1.82) is 0 Å². The summed E-state index contributed by atoms with van der Waals surface area (Å²) in [4.78, 5) is 25.1. The van der Waals surface area contributed by atoms with Crippen LogP contribution >= 0.6 is 11.8 Å². The summed E-state index contributed by atoms with van der Waals surface area (Å²) < 4.78 is 18.9. The lowest BCUT2D eigenvalue weighted by Gasteiger charge is -2.36. The number of hydrogen-bond acceptors (Lipinski definition) is 7. The summed E-state index contributed by atoms with van der Waals surface area (Å²) in [6.07, 6.45) is -0.368. The van der Waals surface area contributed by atoms with Gasteiger partial charge in [-0.15, -0.1) is 11.8 Å². The number of hydrogen-bond donors (Lipinski definition) is 4. The first kappa shape index (κ1) is 37.4. The maximum Gasteiger partial charge on any atom is 0.335 e. The molecule has 0 radical (unpaired) electrons. The molecular formula is C45H40N2O7S. The second-order valence-electron chi connectivity index (χ2n) is 13.0. The number of ether oxygens (including phenoxy) is 3. The van der Waals surface area contributed by atoms with Crippen LogP contribution in [0.15, 0.2) is 157 Å². The quantitative estimate of drug-likeness (QED) is 0.0860. The van der Waals surface area contributed by atoms with Gasteiger partial charge in [-0.25, -0.2) is 9.59 Å². The van der Waals surface area contributed by atoms with E-state index in [1.807, 2.05) is 127 Å². The standard InChI is InChI=1S/C45H40N2O7S/c48-28-30-10-12-32(13-11-30)42-26-39(29-55-40-24-18-33(19-25-40)43(49)50)53-44(54-42)34-16-14-31(15-17-34)41-9-5-4-6-35(41)27-46-45(51)47-36-20-22-38(23-21-36)52-37-7-2-1-3-8-37/h1-25,39,42,44,48H,26-29H2,(H,49,50)(H2,46,47,51)/t39-,42+,44+/m1/s1. The van der Waals surface area contributed by atoms with Crippen LogP contribution in [0.4, 0.5) is 10.5 Å². The molecule has 2 amide bonds. The summed E-state index contributed by atoms with van der Waals surface area (Å²) in [6.45, 7) is 0.291. The van der Waals surface area contributed by atoms with E-state index in [9.17, 15) is 19.8 Å². The number of para-hydroxylation sites is 1. The maximum absolute atomic E-state index is 12.9. The average Bonchev–Trinajstić information content (AvgIpc) is 3.23. The molecule has 6 aromatic rings. The molecule has 9 nitrogen and oxygen atoms in total. The number of thioether (sulfide) groups is 1. The van der Waals surface area contributed by atoms with Crippen LogP contribution in [-0.4, -0.2) is 34.1 Å². The first-order chi connectivity index (χ1) is 26.9. The van der Waals surface area contributed by atoms with E-state index in [0.29, 0.717) is 30.2 Å². The molecule has 0 saturated carbocycles. The molecule has 278 valence electrons. The number of nitrogens with one attached hydrogen (secondary N) is 2. The number of anilines is 1. The third kappa shape index (κ3) is 10.00. The molecule has 1 fully saturated rings. The van der Waals surface area contributed by atoms with Crippen molar-refractivity contribution in [2.45, 2.75) is 43.0 Å². The monoisotopic (exact) mass is 752 g/mol. The van der Waals surface area contributed by atoms with Gasteiger partial charge >= 0.3 is 12.0 Å². The summed E-state index contributed by atoms with van der Waals surface area (Å²) >= 11 is 1.61. The molecule has 7 rings (SSSR count). The van der Waals surface area contributed by atoms with Gasteiger partial charge in [0.15, 0.2) is 6.29 Å². The van der Waals surface area contributed by atoms with Crippen LogP contribution in [-0.2, 0) is 22.6 Å². The van der Waals surface area contributed by atoms with Gasteiger partial charge in [0.1, 0.15) is 11.5 Å². The first-order valence-corrected chi connectivity index (χ1v) is 18.9. The molecule has 10 heteroatoms. The molecule has 0 unspecified atom stereocenters. The van der Waals surface area contributed by atoms with Gasteiger partial charge in [-0.1, -0.05) is 91.0 Å². The van der Waals surface area contributed by atoms with E-state index in [1.165, 1.54) is 0 Å². The van der Waals surface area contributed by atoms with Crippen molar-refractivity contribution < 1.29 is 34.0 Å². The van der Waals surface area contributed by atoms with E-state index in [-0.39, 0.29) is 30.4 Å². The smallest absolute Gasteiger partial charge is 0.335 e. The van der Waals surface area contributed by atoms with Crippen LogP contribution < -0.4 is 15.4 Å². The van der Waals surface area contributed by atoms with E-state index in [1.54, 1.807) is 36.0 Å². The minimum Gasteiger partial charge on any atom is -0.478 e. The van der Waals surface area contributed by atoms with Crippen molar-refractivity contribution >= 4 is 29.4 Å². The zero-order chi connectivity index (χ0) is 38.0. The predicted molar refractivity (Wildman–Crippen MR) is 213 cm³/mol. The number of amides is 2. The van der Waals surface area contributed by atoms with E-state index in [4.69, 9.17) is 14.2 Å². The fourth-order valence-corrected chi connectivity index (χ4v) is 7.18. The highest BCUT2D eigenvalue weighted by Gasteiger charge is 2.32. The second kappa shape index (κ2) is 17.9. The van der Waals surface area contributed by atoms with Crippen molar-refractivity contribution in [3.8, 4) is 22.6 Å². The lowest BCUT2D eigenvalue weighted by atomic mass is 9.98. The molecular weight excluding hydrogens is 713 g/mol. The Balaban J connectivity index is 1.00. The van der Waals surface area contributed by atoms with E-state index in [0.717, 1.165) is 44.0 Å². The molecule has 55 heavy (non-hydrogen) atoms. The average molecular weight is 753 g/mol. The number of aromatic carboxylic acids is 1. The Morgan fingerprint density at radius 1 is 0.727 bits per heavy atom. The molecule has 0 aliphatic carbocycles. The van der Waals surface area contributed by atoms with Crippen LogP contribution in [0.1, 0.15) is 51.4 Å². The summed E-state index contributed by atoms with van der Waals surface area (Å²) in [5.41, 5.74) is 6.54. The number of aliphatic hydroxyl groups excluding tert-OH is 1. The van der Waals surface area contributed by atoms with Gasteiger partial charge in [0.25, 0.3) is 0 Å². The normalized spacial score (nSPS) is 16.6. The molecule has 1 saturated heterocycles. The van der Waals surface area contributed by atoms with Crippen molar-refractivity contribution in [1.82, 2.24) is 5.32 Å². The summed E-state index contributed by atoms with van der Waals surface area (Å²) in [5.74, 6) is 1.11. The van der Waals surface area contributed by atoms with Gasteiger partial charge in [-0.3, -0.25) is 0 Å². The highest BCUT2D eigenvalue weighted by atomic mass is 32.2. The minimum atomic E-state index is -0.954. The summed E-state index contributed by atoms with van der Waals surface area (Å²) in [6, 6.07) is 47.1. The Morgan fingerprint density at radius 2 is 1.40 bits per heavy atom. The third-order valence-corrected chi connectivity index (χ3v) is 10.3.